The summed E-state index contributed by atoms with van der Waals surface area (Å²) in [5.41, 5.74) is 2.83. The third-order valence-corrected chi connectivity index (χ3v) is 8.47. The van der Waals surface area contributed by atoms with Crippen molar-refractivity contribution >= 4 is 8.32 Å². The Kier molecular flexibility index (Phi) is 7.16. The highest BCUT2D eigenvalue weighted by Crippen LogP contribution is 2.36. The van der Waals surface area contributed by atoms with Crippen LogP contribution in [0.25, 0.3) is 0 Å². The highest BCUT2D eigenvalue weighted by Gasteiger charge is 2.36. The van der Waals surface area contributed by atoms with Crippen LogP contribution in [-0.4, -0.2) is 14.9 Å². The Morgan fingerprint density at radius 3 is 2.11 bits per heavy atom. The van der Waals surface area contributed by atoms with Gasteiger partial charge in [0, 0.05) is 0 Å². The normalized spacial score (nSPS) is 15.1. The molecule has 0 aliphatic carbocycles. The lowest BCUT2D eigenvalue weighted by molar-refractivity contribution is 0.318. The third-order valence-electron chi connectivity index (χ3n) is 3.99. The quantitative estimate of drug-likeness (QED) is 0.443. The molecule has 0 fully saturated rings. The van der Waals surface area contributed by atoms with Crippen LogP contribution in [0.1, 0.15) is 54.4 Å². The van der Waals surface area contributed by atoms with Crippen LogP contribution in [0.3, 0.4) is 0 Å². The summed E-state index contributed by atoms with van der Waals surface area (Å²) in [6, 6.07) is 0. The molecule has 18 heavy (non-hydrogen) atoms. The Morgan fingerprint density at radius 1 is 1.11 bits per heavy atom. The highest BCUT2D eigenvalue weighted by atomic mass is 28.4. The molecule has 0 unspecified atom stereocenters. The van der Waals surface area contributed by atoms with Crippen molar-refractivity contribution in [3.8, 4) is 0 Å². The highest BCUT2D eigenvalue weighted by molar-refractivity contribution is 6.74. The fourth-order valence-electron chi connectivity index (χ4n) is 1.26. The van der Waals surface area contributed by atoms with Gasteiger partial charge in [0.15, 0.2) is 8.32 Å². The second-order valence-electron chi connectivity index (χ2n) is 6.77. The van der Waals surface area contributed by atoms with Crippen LogP contribution < -0.4 is 0 Å². The molecule has 0 bridgehead atoms. The largest absolute Gasteiger partial charge is 0.413 e. The Labute approximate surface area is 115 Å². The SMILES string of the molecule is CC=C(C)CCC=C(C)CO[Si](C)(C)C(C)(C)C. The fraction of sp³-hybridized carbons (Fsp3) is 0.750. The van der Waals surface area contributed by atoms with Gasteiger partial charge < -0.3 is 4.43 Å². The summed E-state index contributed by atoms with van der Waals surface area (Å²) in [7, 11) is -1.59. The Balaban J connectivity index is 4.18. The van der Waals surface area contributed by atoms with Crippen molar-refractivity contribution in [3.05, 3.63) is 23.3 Å². The van der Waals surface area contributed by atoms with Crippen LogP contribution >= 0.6 is 0 Å². The zero-order valence-corrected chi connectivity index (χ0v) is 14.7. The molecule has 0 aromatic heterocycles. The molecule has 0 N–H and O–H groups in total. The molecule has 0 amide bonds. The predicted octanol–water partition coefficient (Wildman–Crippen LogP) is 5.70. The van der Waals surface area contributed by atoms with Gasteiger partial charge in [0.2, 0.25) is 0 Å². The van der Waals surface area contributed by atoms with E-state index in [4.69, 9.17) is 4.43 Å². The first-order valence-electron chi connectivity index (χ1n) is 7.01. The summed E-state index contributed by atoms with van der Waals surface area (Å²) in [5.74, 6) is 0. The molecule has 0 radical (unpaired) electrons. The van der Waals surface area contributed by atoms with Crippen LogP contribution in [0.5, 0.6) is 0 Å². The van der Waals surface area contributed by atoms with Gasteiger partial charge in [-0.05, 0) is 51.7 Å². The van der Waals surface area contributed by atoms with E-state index in [2.05, 4.69) is 66.8 Å². The molecule has 0 aliphatic rings. The maximum atomic E-state index is 6.20. The van der Waals surface area contributed by atoms with E-state index in [0.29, 0.717) is 5.04 Å². The van der Waals surface area contributed by atoms with Gasteiger partial charge in [-0.1, -0.05) is 44.1 Å². The Morgan fingerprint density at radius 2 is 1.67 bits per heavy atom. The molecule has 0 atom stereocenters. The summed E-state index contributed by atoms with van der Waals surface area (Å²) < 4.78 is 6.20. The topological polar surface area (TPSA) is 9.23 Å². The molecule has 106 valence electrons. The zero-order valence-electron chi connectivity index (χ0n) is 13.7. The first-order chi connectivity index (χ1) is 8.10. The zero-order chi connectivity index (χ0) is 14.4. The van der Waals surface area contributed by atoms with E-state index in [-0.39, 0.29) is 0 Å². The van der Waals surface area contributed by atoms with E-state index in [0.717, 1.165) is 19.4 Å². The average molecular weight is 269 g/mol. The van der Waals surface area contributed by atoms with Gasteiger partial charge in [0.1, 0.15) is 0 Å². The molecule has 1 nitrogen and oxygen atoms in total. The molecule has 0 rings (SSSR count). The van der Waals surface area contributed by atoms with Crippen LogP contribution in [-0.2, 0) is 4.43 Å². The van der Waals surface area contributed by atoms with Gasteiger partial charge in [0.05, 0.1) is 6.61 Å². The van der Waals surface area contributed by atoms with Gasteiger partial charge in [-0.25, -0.2) is 0 Å². The first-order valence-corrected chi connectivity index (χ1v) is 9.92. The molecule has 0 spiro atoms. The second kappa shape index (κ2) is 7.30. The van der Waals surface area contributed by atoms with Crippen molar-refractivity contribution in [1.82, 2.24) is 0 Å². The van der Waals surface area contributed by atoms with Crippen LogP contribution in [0.4, 0.5) is 0 Å². The molecule has 0 saturated carbocycles. The number of rotatable bonds is 6. The second-order valence-corrected chi connectivity index (χ2v) is 11.6. The average Bonchev–Trinajstić information content (AvgIpc) is 2.24. The summed E-state index contributed by atoms with van der Waals surface area (Å²) in [4.78, 5) is 0. The molecule has 0 saturated heterocycles. The fourth-order valence-corrected chi connectivity index (χ4v) is 2.28. The van der Waals surface area contributed by atoms with Gasteiger partial charge >= 0.3 is 0 Å². The minimum Gasteiger partial charge on any atom is -0.413 e. The van der Waals surface area contributed by atoms with Gasteiger partial charge in [0.25, 0.3) is 0 Å². The maximum Gasteiger partial charge on any atom is 0.192 e. The van der Waals surface area contributed by atoms with Crippen molar-refractivity contribution in [3.63, 3.8) is 0 Å². The predicted molar refractivity (Wildman–Crippen MR) is 85.6 cm³/mol. The van der Waals surface area contributed by atoms with E-state index >= 15 is 0 Å². The van der Waals surface area contributed by atoms with E-state index in [1.807, 2.05) is 0 Å². The smallest absolute Gasteiger partial charge is 0.192 e. The van der Waals surface area contributed by atoms with Crippen LogP contribution in [0, 0.1) is 0 Å². The van der Waals surface area contributed by atoms with E-state index < -0.39 is 8.32 Å². The van der Waals surface area contributed by atoms with Crippen molar-refractivity contribution in [2.45, 2.75) is 72.5 Å². The summed E-state index contributed by atoms with van der Waals surface area (Å²) >= 11 is 0. The van der Waals surface area contributed by atoms with Crippen molar-refractivity contribution in [2.75, 3.05) is 6.61 Å². The summed E-state index contributed by atoms with van der Waals surface area (Å²) in [5, 5.41) is 0.300. The number of hydrogen-bond acceptors (Lipinski definition) is 1. The lowest BCUT2D eigenvalue weighted by atomic mass is 10.1. The van der Waals surface area contributed by atoms with Gasteiger partial charge in [-0.15, -0.1) is 0 Å². The molecule has 0 heterocycles. The minimum atomic E-state index is -1.59. The van der Waals surface area contributed by atoms with Gasteiger partial charge in [-0.3, -0.25) is 0 Å². The lowest BCUT2D eigenvalue weighted by Gasteiger charge is -2.36. The molecule has 2 heteroatoms. The van der Waals surface area contributed by atoms with E-state index in [1.165, 1.54) is 11.1 Å². The standard InChI is InChI=1S/C16H32OSi/c1-9-14(2)11-10-12-15(3)13-17-18(7,8)16(4,5)6/h9,12H,10-11,13H2,1-8H3. The molecule has 0 aromatic carbocycles. The Bertz CT molecular complexity index is 306. The lowest BCUT2D eigenvalue weighted by Crippen LogP contribution is -2.41. The minimum absolute atomic E-state index is 0.300. The Hall–Kier alpha value is -0.343. The summed E-state index contributed by atoms with van der Waals surface area (Å²) in [6.07, 6.45) is 6.80. The van der Waals surface area contributed by atoms with E-state index in [9.17, 15) is 0 Å². The van der Waals surface area contributed by atoms with Crippen molar-refractivity contribution < 1.29 is 4.43 Å². The molecule has 0 aliphatic heterocycles. The number of hydrogen-bond donors (Lipinski definition) is 0. The molecular formula is C16H32OSi. The van der Waals surface area contributed by atoms with Crippen molar-refractivity contribution in [2.24, 2.45) is 0 Å². The molecule has 0 aromatic rings. The maximum absolute atomic E-state index is 6.20. The van der Waals surface area contributed by atoms with E-state index in [1.54, 1.807) is 0 Å². The number of allylic oxidation sites excluding steroid dienone is 3. The molecular weight excluding hydrogens is 236 g/mol. The third kappa shape index (κ3) is 6.55. The first kappa shape index (κ1) is 17.7. The monoisotopic (exact) mass is 268 g/mol. The van der Waals surface area contributed by atoms with Gasteiger partial charge in [-0.2, -0.15) is 0 Å². The summed E-state index contributed by atoms with van der Waals surface area (Å²) in [6.45, 7) is 18.7. The van der Waals surface area contributed by atoms with Crippen molar-refractivity contribution in [1.29, 1.82) is 0 Å². The van der Waals surface area contributed by atoms with Crippen LogP contribution in [0.2, 0.25) is 18.1 Å². The van der Waals surface area contributed by atoms with Crippen LogP contribution in [0.15, 0.2) is 23.3 Å².